The Hall–Kier alpha value is -2.59. The number of hydrogen-bond donors (Lipinski definition) is 0. The van der Waals surface area contributed by atoms with Crippen molar-refractivity contribution in [2.75, 3.05) is 37.7 Å². The van der Waals surface area contributed by atoms with E-state index >= 15 is 0 Å². The highest BCUT2D eigenvalue weighted by atomic mass is 16.5. The van der Waals surface area contributed by atoms with Crippen molar-refractivity contribution < 1.29 is 4.74 Å². The summed E-state index contributed by atoms with van der Waals surface area (Å²) in [6.45, 7) is 7.87. The number of hydrogen-bond acceptors (Lipinski definition) is 4. The van der Waals surface area contributed by atoms with Crippen molar-refractivity contribution in [1.29, 1.82) is 0 Å². The van der Waals surface area contributed by atoms with Crippen molar-refractivity contribution in [3.05, 3.63) is 65.9 Å². The van der Waals surface area contributed by atoms with Gasteiger partial charge in [-0.15, -0.1) is 0 Å². The quantitative estimate of drug-likeness (QED) is 0.410. The van der Waals surface area contributed by atoms with Crippen molar-refractivity contribution in [3.63, 3.8) is 0 Å². The molecule has 0 radical (unpaired) electrons. The summed E-state index contributed by atoms with van der Waals surface area (Å²) >= 11 is 0. The van der Waals surface area contributed by atoms with Crippen LogP contribution >= 0.6 is 0 Å². The van der Waals surface area contributed by atoms with Gasteiger partial charge in [-0.3, -0.25) is 4.98 Å². The fourth-order valence-electron chi connectivity index (χ4n) is 5.24. The Morgan fingerprint density at radius 1 is 0.969 bits per heavy atom. The monoisotopic (exact) mass is 429 g/mol. The molecule has 1 saturated heterocycles. The third kappa shape index (κ3) is 4.61. The zero-order valence-electron chi connectivity index (χ0n) is 19.3. The summed E-state index contributed by atoms with van der Waals surface area (Å²) in [4.78, 5) is 9.94. The van der Waals surface area contributed by atoms with Gasteiger partial charge in [0.2, 0.25) is 0 Å². The topological polar surface area (TPSA) is 28.6 Å². The van der Waals surface area contributed by atoms with E-state index in [4.69, 9.17) is 9.72 Å². The Morgan fingerprint density at radius 2 is 1.84 bits per heavy atom. The first-order valence-electron chi connectivity index (χ1n) is 12.4. The Balaban J connectivity index is 1.22. The molecule has 0 unspecified atom stereocenters. The first-order valence-corrected chi connectivity index (χ1v) is 12.4. The largest absolute Gasteiger partial charge is 0.491 e. The molecule has 1 fully saturated rings. The second kappa shape index (κ2) is 9.91. The molecule has 4 heteroatoms. The number of aromatic nitrogens is 1. The third-order valence-corrected chi connectivity index (χ3v) is 7.14. The van der Waals surface area contributed by atoms with Gasteiger partial charge < -0.3 is 14.5 Å². The first-order chi connectivity index (χ1) is 15.8. The SMILES string of the molecule is C[C@@H](c1cnc2c(OCCCCN3CCCCC3)cccc2c1)N1CCc2ccccc21. The van der Waals surface area contributed by atoms with Crippen LogP contribution in [-0.2, 0) is 6.42 Å². The fourth-order valence-corrected chi connectivity index (χ4v) is 5.24. The van der Waals surface area contributed by atoms with E-state index in [1.807, 2.05) is 6.20 Å². The average Bonchev–Trinajstić information content (AvgIpc) is 3.28. The number of para-hydroxylation sites is 2. The minimum atomic E-state index is 0.301. The molecule has 2 aliphatic heterocycles. The highest BCUT2D eigenvalue weighted by Gasteiger charge is 2.24. The molecule has 1 aromatic heterocycles. The average molecular weight is 430 g/mol. The number of pyridine rings is 1. The number of unbranched alkanes of at least 4 members (excludes halogenated alkanes) is 1. The molecule has 0 saturated carbocycles. The van der Waals surface area contributed by atoms with Gasteiger partial charge in [-0.2, -0.15) is 0 Å². The van der Waals surface area contributed by atoms with Gasteiger partial charge in [-0.1, -0.05) is 36.8 Å². The van der Waals surface area contributed by atoms with E-state index in [0.29, 0.717) is 6.04 Å². The highest BCUT2D eigenvalue weighted by Crippen LogP contribution is 2.35. The first kappa shape index (κ1) is 21.3. The van der Waals surface area contributed by atoms with E-state index < -0.39 is 0 Å². The molecule has 0 aliphatic carbocycles. The van der Waals surface area contributed by atoms with Crippen LogP contribution < -0.4 is 9.64 Å². The van der Waals surface area contributed by atoms with Gasteiger partial charge in [-0.25, -0.2) is 0 Å². The van der Waals surface area contributed by atoms with Crippen molar-refractivity contribution in [2.45, 2.75) is 51.5 Å². The van der Waals surface area contributed by atoms with Crippen LogP contribution in [0.15, 0.2) is 54.7 Å². The Morgan fingerprint density at radius 3 is 2.75 bits per heavy atom. The standard InChI is InChI=1S/C28H35N3O/c1-22(31-18-14-23-10-3-4-12-26(23)31)25-20-24-11-9-13-27(28(24)29-21-25)32-19-8-7-17-30-15-5-2-6-16-30/h3-4,9-13,20-22H,2,5-8,14-19H2,1H3/t22-/m0/s1. The fraction of sp³-hybridized carbons (Fsp3) is 0.464. The lowest BCUT2D eigenvalue weighted by Crippen LogP contribution is -2.30. The molecule has 3 heterocycles. The van der Waals surface area contributed by atoms with Crippen LogP contribution in [0.5, 0.6) is 5.75 Å². The van der Waals surface area contributed by atoms with Gasteiger partial charge in [0.25, 0.3) is 0 Å². The molecule has 0 bridgehead atoms. The highest BCUT2D eigenvalue weighted by molar-refractivity contribution is 5.85. The summed E-state index contributed by atoms with van der Waals surface area (Å²) in [5, 5.41) is 1.16. The van der Waals surface area contributed by atoms with Crippen molar-refractivity contribution in [3.8, 4) is 5.75 Å². The third-order valence-electron chi connectivity index (χ3n) is 7.14. The van der Waals surface area contributed by atoms with Crippen LogP contribution in [0.4, 0.5) is 5.69 Å². The minimum Gasteiger partial charge on any atom is -0.491 e. The van der Waals surface area contributed by atoms with Crippen LogP contribution in [0.25, 0.3) is 10.9 Å². The van der Waals surface area contributed by atoms with Gasteiger partial charge in [0, 0.05) is 23.8 Å². The van der Waals surface area contributed by atoms with Crippen molar-refractivity contribution in [1.82, 2.24) is 9.88 Å². The number of ether oxygens (including phenoxy) is 1. The Kier molecular flexibility index (Phi) is 6.59. The molecule has 0 N–H and O–H groups in total. The molecule has 168 valence electrons. The number of benzene rings is 2. The summed E-state index contributed by atoms with van der Waals surface area (Å²) in [6.07, 6.45) is 9.59. The molecule has 4 nitrogen and oxygen atoms in total. The Bertz CT molecular complexity index is 1040. The van der Waals surface area contributed by atoms with Crippen LogP contribution in [0.1, 0.15) is 56.2 Å². The van der Waals surface area contributed by atoms with Gasteiger partial charge in [0.15, 0.2) is 0 Å². The van der Waals surface area contributed by atoms with E-state index in [0.717, 1.165) is 42.6 Å². The normalized spacial score (nSPS) is 17.5. The van der Waals surface area contributed by atoms with Crippen molar-refractivity contribution >= 4 is 16.6 Å². The number of fused-ring (bicyclic) bond motifs is 2. The number of anilines is 1. The molecule has 2 aromatic carbocycles. The van der Waals surface area contributed by atoms with Crippen LogP contribution in [-0.4, -0.2) is 42.7 Å². The lowest BCUT2D eigenvalue weighted by molar-refractivity contribution is 0.216. The molecule has 2 aliphatic rings. The molecule has 0 amide bonds. The molecule has 5 rings (SSSR count). The van der Waals surface area contributed by atoms with E-state index in [-0.39, 0.29) is 0 Å². The van der Waals surface area contributed by atoms with Crippen LogP contribution in [0.2, 0.25) is 0 Å². The number of piperidine rings is 1. The summed E-state index contributed by atoms with van der Waals surface area (Å²) in [5.74, 6) is 0.909. The summed E-state index contributed by atoms with van der Waals surface area (Å²) in [7, 11) is 0. The number of nitrogens with zero attached hydrogens (tertiary/aromatic N) is 3. The van der Waals surface area contributed by atoms with E-state index in [2.05, 4.69) is 65.3 Å². The zero-order chi connectivity index (χ0) is 21.8. The summed E-state index contributed by atoms with van der Waals surface area (Å²) in [6, 6.07) is 17.7. The molecule has 3 aromatic rings. The molecular formula is C28H35N3O. The minimum absolute atomic E-state index is 0.301. The maximum atomic E-state index is 6.16. The summed E-state index contributed by atoms with van der Waals surface area (Å²) in [5.41, 5.74) is 5.04. The van der Waals surface area contributed by atoms with Crippen LogP contribution in [0, 0.1) is 0 Å². The second-order valence-corrected chi connectivity index (χ2v) is 9.30. The predicted molar refractivity (Wildman–Crippen MR) is 133 cm³/mol. The molecule has 32 heavy (non-hydrogen) atoms. The van der Waals surface area contributed by atoms with E-state index in [1.54, 1.807) is 0 Å². The maximum absolute atomic E-state index is 6.16. The summed E-state index contributed by atoms with van der Waals surface area (Å²) < 4.78 is 6.16. The van der Waals surface area contributed by atoms with E-state index in [9.17, 15) is 0 Å². The second-order valence-electron chi connectivity index (χ2n) is 9.30. The van der Waals surface area contributed by atoms with Crippen LogP contribution in [0.3, 0.4) is 0 Å². The smallest absolute Gasteiger partial charge is 0.145 e. The molecule has 1 atom stereocenters. The van der Waals surface area contributed by atoms with Gasteiger partial charge in [0.05, 0.1) is 12.6 Å². The van der Waals surface area contributed by atoms with E-state index in [1.165, 1.54) is 62.1 Å². The predicted octanol–water partition coefficient (Wildman–Crippen LogP) is 6.00. The molecule has 0 spiro atoms. The van der Waals surface area contributed by atoms with Crippen molar-refractivity contribution in [2.24, 2.45) is 0 Å². The zero-order valence-corrected chi connectivity index (χ0v) is 19.3. The Labute approximate surface area is 192 Å². The van der Waals surface area contributed by atoms with Gasteiger partial charge in [-0.05, 0) is 88.0 Å². The van der Waals surface area contributed by atoms with Gasteiger partial charge in [0.1, 0.15) is 11.3 Å². The maximum Gasteiger partial charge on any atom is 0.145 e. The number of likely N-dealkylation sites (tertiary alicyclic amines) is 1. The molecular weight excluding hydrogens is 394 g/mol. The lowest BCUT2D eigenvalue weighted by atomic mass is 10.1. The number of rotatable bonds is 8. The lowest BCUT2D eigenvalue weighted by Gasteiger charge is -2.27. The van der Waals surface area contributed by atoms with Gasteiger partial charge >= 0.3 is 0 Å².